The van der Waals surface area contributed by atoms with Crippen LogP contribution in [0.4, 0.5) is 5.69 Å². The third-order valence-corrected chi connectivity index (χ3v) is 2.92. The largest absolute Gasteiger partial charge is 0.505 e. The number of phenols is 1. The van der Waals surface area contributed by atoms with E-state index in [0.29, 0.717) is 10.1 Å². The molecule has 0 atom stereocenters. The van der Waals surface area contributed by atoms with E-state index in [1.807, 2.05) is 0 Å². The molecule has 0 bridgehead atoms. The van der Waals surface area contributed by atoms with Crippen LogP contribution in [-0.4, -0.2) is 16.2 Å². The second-order valence-corrected chi connectivity index (χ2v) is 3.75. The minimum Gasteiger partial charge on any atom is -0.505 e. The number of aromatic hydroxyl groups is 1. The number of aromatic carboxylic acids is 1. The molecule has 1 heterocycles. The zero-order chi connectivity index (χ0) is 10.3. The van der Waals surface area contributed by atoms with Crippen LogP contribution in [0.15, 0.2) is 17.5 Å². The number of nitrogens with two attached hydrogens (primary N) is 1. The van der Waals surface area contributed by atoms with Gasteiger partial charge in [-0.05, 0) is 17.5 Å². The second kappa shape index (κ2) is 2.88. The number of benzene rings is 1. The SMILES string of the molecule is Nc1cc(C(=O)O)c2sccc2c1O. The molecule has 4 nitrogen and oxygen atoms in total. The van der Waals surface area contributed by atoms with Crippen LogP contribution < -0.4 is 5.73 Å². The van der Waals surface area contributed by atoms with E-state index >= 15 is 0 Å². The van der Waals surface area contributed by atoms with Crippen LogP contribution >= 0.6 is 11.3 Å². The number of carboxylic acids is 1. The molecule has 0 aliphatic rings. The second-order valence-electron chi connectivity index (χ2n) is 2.83. The molecule has 1 aromatic heterocycles. The van der Waals surface area contributed by atoms with Crippen molar-refractivity contribution in [3.05, 3.63) is 23.1 Å². The zero-order valence-electron chi connectivity index (χ0n) is 7.02. The quantitative estimate of drug-likeness (QED) is 0.494. The van der Waals surface area contributed by atoms with E-state index in [2.05, 4.69) is 0 Å². The summed E-state index contributed by atoms with van der Waals surface area (Å²) in [6.45, 7) is 0. The predicted molar refractivity (Wildman–Crippen MR) is 54.9 cm³/mol. The molecule has 0 radical (unpaired) electrons. The fraction of sp³-hybridized carbons (Fsp3) is 0. The van der Waals surface area contributed by atoms with Crippen LogP contribution in [0.25, 0.3) is 10.1 Å². The van der Waals surface area contributed by atoms with Crippen LogP contribution in [0.5, 0.6) is 5.75 Å². The molecule has 0 aliphatic carbocycles. The van der Waals surface area contributed by atoms with Crippen molar-refractivity contribution in [1.29, 1.82) is 0 Å². The lowest BCUT2D eigenvalue weighted by Gasteiger charge is -2.03. The lowest BCUT2D eigenvalue weighted by atomic mass is 10.1. The van der Waals surface area contributed by atoms with Crippen molar-refractivity contribution in [2.75, 3.05) is 5.73 Å². The Morgan fingerprint density at radius 1 is 1.50 bits per heavy atom. The van der Waals surface area contributed by atoms with Gasteiger partial charge in [0.1, 0.15) is 5.75 Å². The van der Waals surface area contributed by atoms with Crippen molar-refractivity contribution >= 4 is 33.1 Å². The molecule has 2 aromatic rings. The molecule has 72 valence electrons. The summed E-state index contributed by atoms with van der Waals surface area (Å²) in [4.78, 5) is 10.8. The molecule has 0 saturated carbocycles. The minimum absolute atomic E-state index is 0.0498. The molecule has 14 heavy (non-hydrogen) atoms. The van der Waals surface area contributed by atoms with Crippen molar-refractivity contribution in [2.24, 2.45) is 0 Å². The van der Waals surface area contributed by atoms with Crippen LogP contribution in [0.1, 0.15) is 10.4 Å². The van der Waals surface area contributed by atoms with Gasteiger partial charge in [0, 0.05) is 5.39 Å². The molecule has 0 spiro atoms. The van der Waals surface area contributed by atoms with E-state index < -0.39 is 5.97 Å². The van der Waals surface area contributed by atoms with Crippen LogP contribution in [-0.2, 0) is 0 Å². The fourth-order valence-electron chi connectivity index (χ4n) is 1.31. The third kappa shape index (κ3) is 1.10. The number of fused-ring (bicyclic) bond motifs is 1. The average molecular weight is 209 g/mol. The third-order valence-electron chi connectivity index (χ3n) is 1.97. The number of carbonyl (C=O) groups is 1. The first-order chi connectivity index (χ1) is 6.61. The monoisotopic (exact) mass is 209 g/mol. The molecular weight excluding hydrogens is 202 g/mol. The van der Waals surface area contributed by atoms with E-state index in [0.717, 1.165) is 0 Å². The Kier molecular flexibility index (Phi) is 1.82. The summed E-state index contributed by atoms with van der Waals surface area (Å²) >= 11 is 1.27. The molecule has 0 aliphatic heterocycles. The lowest BCUT2D eigenvalue weighted by molar-refractivity contribution is 0.0699. The van der Waals surface area contributed by atoms with Gasteiger partial charge in [-0.15, -0.1) is 11.3 Å². The number of thiophene rings is 1. The van der Waals surface area contributed by atoms with Gasteiger partial charge in [-0.3, -0.25) is 0 Å². The van der Waals surface area contributed by atoms with Crippen LogP contribution in [0.2, 0.25) is 0 Å². The lowest BCUT2D eigenvalue weighted by Crippen LogP contribution is -1.98. The van der Waals surface area contributed by atoms with Gasteiger partial charge in [0.15, 0.2) is 0 Å². The molecule has 2 rings (SSSR count). The highest BCUT2D eigenvalue weighted by molar-refractivity contribution is 7.17. The summed E-state index contributed by atoms with van der Waals surface area (Å²) in [6, 6.07) is 2.93. The van der Waals surface area contributed by atoms with Crippen molar-refractivity contribution in [3.63, 3.8) is 0 Å². The summed E-state index contributed by atoms with van der Waals surface area (Å²) in [5.74, 6) is -1.09. The summed E-state index contributed by atoms with van der Waals surface area (Å²) in [5, 5.41) is 20.6. The van der Waals surface area contributed by atoms with E-state index in [4.69, 9.17) is 10.8 Å². The van der Waals surface area contributed by atoms with Gasteiger partial charge in [-0.1, -0.05) is 0 Å². The Balaban J connectivity index is 2.91. The summed E-state index contributed by atoms with van der Waals surface area (Å²) in [6.07, 6.45) is 0. The number of nitrogen functional groups attached to an aromatic ring is 1. The van der Waals surface area contributed by atoms with Gasteiger partial charge < -0.3 is 15.9 Å². The Labute approximate surface area is 83.2 Å². The van der Waals surface area contributed by atoms with Gasteiger partial charge in [-0.2, -0.15) is 0 Å². The zero-order valence-corrected chi connectivity index (χ0v) is 7.84. The van der Waals surface area contributed by atoms with E-state index in [1.165, 1.54) is 17.4 Å². The average Bonchev–Trinajstić information content (AvgIpc) is 2.59. The number of anilines is 1. The Bertz CT molecular complexity index is 518. The highest BCUT2D eigenvalue weighted by Crippen LogP contribution is 2.36. The highest BCUT2D eigenvalue weighted by atomic mass is 32.1. The molecule has 1 aromatic carbocycles. The van der Waals surface area contributed by atoms with Crippen LogP contribution in [0.3, 0.4) is 0 Å². The number of hydrogen-bond donors (Lipinski definition) is 3. The predicted octanol–water partition coefficient (Wildman–Crippen LogP) is 1.89. The van der Waals surface area contributed by atoms with Gasteiger partial charge in [-0.25, -0.2) is 4.79 Å². The smallest absolute Gasteiger partial charge is 0.337 e. The number of phenolic OH excluding ortho intramolecular Hbond substituents is 1. The Morgan fingerprint density at radius 2 is 2.21 bits per heavy atom. The molecular formula is C9H7NO3S. The Morgan fingerprint density at radius 3 is 2.86 bits per heavy atom. The van der Waals surface area contributed by atoms with E-state index in [1.54, 1.807) is 11.4 Å². The number of hydrogen-bond acceptors (Lipinski definition) is 4. The molecule has 0 amide bonds. The van der Waals surface area contributed by atoms with Crippen LogP contribution in [0, 0.1) is 0 Å². The maximum atomic E-state index is 10.8. The maximum Gasteiger partial charge on any atom is 0.337 e. The fourth-order valence-corrected chi connectivity index (χ4v) is 2.21. The molecule has 0 unspecified atom stereocenters. The summed E-state index contributed by atoms with van der Waals surface area (Å²) in [5.41, 5.74) is 5.70. The topological polar surface area (TPSA) is 83.6 Å². The molecule has 0 saturated heterocycles. The number of rotatable bonds is 1. The first-order valence-corrected chi connectivity index (χ1v) is 4.71. The number of carboxylic acid groups (broad SMARTS) is 1. The van der Waals surface area contributed by atoms with Crippen molar-refractivity contribution in [2.45, 2.75) is 0 Å². The van der Waals surface area contributed by atoms with Crippen molar-refractivity contribution in [3.8, 4) is 5.75 Å². The maximum absolute atomic E-state index is 10.8. The van der Waals surface area contributed by atoms with Gasteiger partial charge >= 0.3 is 5.97 Å². The first kappa shape index (κ1) is 8.83. The van der Waals surface area contributed by atoms with Crippen molar-refractivity contribution in [1.82, 2.24) is 0 Å². The Hall–Kier alpha value is -1.75. The normalized spacial score (nSPS) is 10.6. The highest BCUT2D eigenvalue weighted by Gasteiger charge is 2.14. The first-order valence-electron chi connectivity index (χ1n) is 3.83. The molecule has 4 N–H and O–H groups in total. The molecule has 5 heteroatoms. The van der Waals surface area contributed by atoms with E-state index in [9.17, 15) is 9.90 Å². The van der Waals surface area contributed by atoms with Gasteiger partial charge in [0.2, 0.25) is 0 Å². The van der Waals surface area contributed by atoms with Crippen molar-refractivity contribution < 1.29 is 15.0 Å². The molecule has 0 fully saturated rings. The van der Waals surface area contributed by atoms with Gasteiger partial charge in [0.05, 0.1) is 16.0 Å². The summed E-state index contributed by atoms with van der Waals surface area (Å²) < 4.78 is 0.546. The minimum atomic E-state index is -1.04. The standard InChI is InChI=1S/C9H7NO3S/c10-6-3-5(9(12)13)8-4(7(6)11)1-2-14-8/h1-3,11H,10H2,(H,12,13). The van der Waals surface area contributed by atoms with E-state index in [-0.39, 0.29) is 17.0 Å². The van der Waals surface area contributed by atoms with Gasteiger partial charge in [0.25, 0.3) is 0 Å². The summed E-state index contributed by atoms with van der Waals surface area (Å²) in [7, 11) is 0.